The normalized spacial score (nSPS) is 23.1. The number of hydrogen-bond acceptors (Lipinski definition) is 3. The molecule has 1 N–H and O–H groups in total. The van der Waals surface area contributed by atoms with Crippen LogP contribution in [-0.4, -0.2) is 38.8 Å². The topological polar surface area (TPSA) is 41.3 Å². The second kappa shape index (κ2) is 4.11. The summed E-state index contributed by atoms with van der Waals surface area (Å²) in [5.74, 6) is 0. The maximum atomic E-state index is 9.17. The molecule has 0 unspecified atom stereocenters. The van der Waals surface area contributed by atoms with Gasteiger partial charge in [-0.2, -0.15) is 0 Å². The molecule has 1 aromatic heterocycles. The molecule has 0 saturated carbocycles. The smallest absolute Gasteiger partial charge is 0.0945 e. The molecule has 1 aromatic rings. The van der Waals surface area contributed by atoms with E-state index in [9.17, 15) is 5.11 Å². The minimum Gasteiger partial charge on any atom is -0.395 e. The van der Waals surface area contributed by atoms with Gasteiger partial charge in [0.25, 0.3) is 0 Å². The zero-order valence-corrected chi connectivity index (χ0v) is 8.56. The van der Waals surface area contributed by atoms with Gasteiger partial charge in [-0.05, 0) is 19.4 Å². The van der Waals surface area contributed by atoms with E-state index in [1.54, 1.807) is 0 Å². The van der Waals surface area contributed by atoms with E-state index in [4.69, 9.17) is 0 Å². The molecule has 0 aromatic carbocycles. The highest BCUT2D eigenvalue weighted by Crippen LogP contribution is 2.18. The largest absolute Gasteiger partial charge is 0.395 e. The minimum absolute atomic E-state index is 0.276. The molecular weight excluding hydrogens is 178 g/mol. The lowest BCUT2D eigenvalue weighted by Crippen LogP contribution is -2.32. The van der Waals surface area contributed by atoms with Crippen LogP contribution in [0.15, 0.2) is 12.5 Å². The Morgan fingerprint density at radius 3 is 3.14 bits per heavy atom. The van der Waals surface area contributed by atoms with Crippen molar-refractivity contribution in [1.82, 2.24) is 14.5 Å². The van der Waals surface area contributed by atoms with Gasteiger partial charge in [-0.1, -0.05) is 0 Å². The van der Waals surface area contributed by atoms with E-state index in [-0.39, 0.29) is 6.61 Å². The Labute approximate surface area is 84.2 Å². The average molecular weight is 195 g/mol. The molecule has 0 bridgehead atoms. The molecule has 1 fully saturated rings. The quantitative estimate of drug-likeness (QED) is 0.758. The van der Waals surface area contributed by atoms with Crippen LogP contribution >= 0.6 is 0 Å². The molecule has 1 aliphatic heterocycles. The fourth-order valence-electron chi connectivity index (χ4n) is 2.06. The molecule has 4 nitrogen and oxygen atoms in total. The van der Waals surface area contributed by atoms with E-state index in [2.05, 4.69) is 9.88 Å². The van der Waals surface area contributed by atoms with E-state index in [0.717, 1.165) is 19.5 Å². The van der Waals surface area contributed by atoms with Crippen molar-refractivity contribution < 1.29 is 5.11 Å². The van der Waals surface area contributed by atoms with Crippen LogP contribution in [0.1, 0.15) is 18.5 Å². The molecular formula is C10H17N3O. The molecule has 2 rings (SSSR count). The Balaban J connectivity index is 2.00. The van der Waals surface area contributed by atoms with Gasteiger partial charge in [0.05, 0.1) is 18.6 Å². The summed E-state index contributed by atoms with van der Waals surface area (Å²) in [7, 11) is 2.01. The minimum atomic E-state index is 0.276. The van der Waals surface area contributed by atoms with Crippen LogP contribution in [-0.2, 0) is 13.6 Å². The first-order valence-corrected chi connectivity index (χ1v) is 5.11. The van der Waals surface area contributed by atoms with E-state index < -0.39 is 0 Å². The third-order valence-corrected chi connectivity index (χ3v) is 2.99. The molecule has 1 aliphatic rings. The van der Waals surface area contributed by atoms with Crippen LogP contribution in [0.25, 0.3) is 0 Å². The average Bonchev–Trinajstić information content (AvgIpc) is 2.77. The predicted molar refractivity (Wildman–Crippen MR) is 53.7 cm³/mol. The van der Waals surface area contributed by atoms with E-state index >= 15 is 0 Å². The van der Waals surface area contributed by atoms with E-state index in [1.165, 1.54) is 12.1 Å². The number of aliphatic hydroxyl groups excluding tert-OH is 1. The van der Waals surface area contributed by atoms with Crippen molar-refractivity contribution in [3.05, 3.63) is 18.2 Å². The molecule has 78 valence electrons. The predicted octanol–water partition coefficient (Wildman–Crippen LogP) is 0.377. The van der Waals surface area contributed by atoms with Crippen molar-refractivity contribution >= 4 is 0 Å². The summed E-state index contributed by atoms with van der Waals surface area (Å²) in [5, 5.41) is 9.17. The van der Waals surface area contributed by atoms with Gasteiger partial charge < -0.3 is 9.67 Å². The molecule has 0 amide bonds. The van der Waals surface area contributed by atoms with Crippen LogP contribution < -0.4 is 0 Å². The highest BCUT2D eigenvalue weighted by Gasteiger charge is 2.23. The summed E-state index contributed by atoms with van der Waals surface area (Å²) in [6, 6.07) is 0.352. The number of aliphatic hydroxyl groups is 1. The van der Waals surface area contributed by atoms with Gasteiger partial charge in [0.15, 0.2) is 0 Å². The Morgan fingerprint density at radius 2 is 2.50 bits per heavy atom. The maximum absolute atomic E-state index is 9.17. The Bertz CT molecular complexity index is 297. The standard InChI is InChI=1S/C10H17N3O/c1-12-8-11-5-10(12)6-13-4-2-3-9(13)7-14/h5,8-9,14H,2-4,6-7H2,1H3/t9-/m1/s1. The second-order valence-corrected chi connectivity index (χ2v) is 3.94. The third kappa shape index (κ3) is 1.81. The summed E-state index contributed by atoms with van der Waals surface area (Å²) in [4.78, 5) is 6.42. The first-order chi connectivity index (χ1) is 6.81. The van der Waals surface area contributed by atoms with Crippen molar-refractivity contribution in [1.29, 1.82) is 0 Å². The van der Waals surface area contributed by atoms with Crippen molar-refractivity contribution in [3.8, 4) is 0 Å². The molecule has 0 spiro atoms. The molecule has 1 atom stereocenters. The number of imidazole rings is 1. The van der Waals surface area contributed by atoms with Gasteiger partial charge in [0.1, 0.15) is 0 Å². The SMILES string of the molecule is Cn1cncc1CN1CCC[C@@H]1CO. The van der Waals surface area contributed by atoms with Crippen LogP contribution in [0.3, 0.4) is 0 Å². The van der Waals surface area contributed by atoms with Crippen molar-refractivity contribution in [3.63, 3.8) is 0 Å². The van der Waals surface area contributed by atoms with Gasteiger partial charge in [-0.25, -0.2) is 4.98 Å². The van der Waals surface area contributed by atoms with Crippen LogP contribution in [0, 0.1) is 0 Å². The highest BCUT2D eigenvalue weighted by atomic mass is 16.3. The maximum Gasteiger partial charge on any atom is 0.0945 e. The van der Waals surface area contributed by atoms with Gasteiger partial charge in [0, 0.05) is 25.8 Å². The summed E-state index contributed by atoms with van der Waals surface area (Å²) in [6.45, 7) is 2.27. The lowest BCUT2D eigenvalue weighted by Gasteiger charge is -2.22. The van der Waals surface area contributed by atoms with Gasteiger partial charge in [-0.15, -0.1) is 0 Å². The van der Waals surface area contributed by atoms with E-state index in [1.807, 2.05) is 24.1 Å². The molecule has 0 aliphatic carbocycles. The first-order valence-electron chi connectivity index (χ1n) is 5.11. The summed E-state index contributed by atoms with van der Waals surface area (Å²) in [5.41, 5.74) is 1.21. The van der Waals surface area contributed by atoms with Gasteiger partial charge >= 0.3 is 0 Å². The second-order valence-electron chi connectivity index (χ2n) is 3.94. The van der Waals surface area contributed by atoms with Gasteiger partial charge in [0.2, 0.25) is 0 Å². The van der Waals surface area contributed by atoms with E-state index in [0.29, 0.717) is 6.04 Å². The monoisotopic (exact) mass is 195 g/mol. The third-order valence-electron chi connectivity index (χ3n) is 2.99. The zero-order chi connectivity index (χ0) is 9.97. The highest BCUT2D eigenvalue weighted by molar-refractivity contribution is 4.98. The van der Waals surface area contributed by atoms with Crippen LogP contribution in [0.5, 0.6) is 0 Å². The van der Waals surface area contributed by atoms with Crippen molar-refractivity contribution in [2.24, 2.45) is 7.05 Å². The van der Waals surface area contributed by atoms with Crippen LogP contribution in [0.4, 0.5) is 0 Å². The Kier molecular flexibility index (Phi) is 2.84. The fourth-order valence-corrected chi connectivity index (χ4v) is 2.06. The summed E-state index contributed by atoms with van der Waals surface area (Å²) in [6.07, 6.45) is 6.03. The van der Waals surface area contributed by atoms with Crippen LogP contribution in [0.2, 0.25) is 0 Å². The first kappa shape index (κ1) is 9.68. The molecule has 0 radical (unpaired) electrons. The molecule has 4 heteroatoms. The zero-order valence-electron chi connectivity index (χ0n) is 8.56. The van der Waals surface area contributed by atoms with Crippen molar-refractivity contribution in [2.45, 2.75) is 25.4 Å². The lowest BCUT2D eigenvalue weighted by molar-refractivity contribution is 0.151. The summed E-state index contributed by atoms with van der Waals surface area (Å²) < 4.78 is 2.03. The number of likely N-dealkylation sites (tertiary alicyclic amines) is 1. The molecule has 2 heterocycles. The number of rotatable bonds is 3. The number of nitrogens with zero attached hydrogens (tertiary/aromatic N) is 3. The molecule has 14 heavy (non-hydrogen) atoms. The Morgan fingerprint density at radius 1 is 1.64 bits per heavy atom. The number of hydrogen-bond donors (Lipinski definition) is 1. The lowest BCUT2D eigenvalue weighted by atomic mass is 10.2. The number of aromatic nitrogens is 2. The van der Waals surface area contributed by atoms with Crippen molar-refractivity contribution in [2.75, 3.05) is 13.2 Å². The Hall–Kier alpha value is -0.870. The molecule has 1 saturated heterocycles. The van der Waals surface area contributed by atoms with Gasteiger partial charge in [-0.3, -0.25) is 4.90 Å². The summed E-state index contributed by atoms with van der Waals surface area (Å²) >= 11 is 0. The number of aryl methyl sites for hydroxylation is 1. The fraction of sp³-hybridized carbons (Fsp3) is 0.700.